The quantitative estimate of drug-likeness (QED) is 0.684. The molecule has 3 N–H and O–H groups in total. The van der Waals surface area contributed by atoms with E-state index in [2.05, 4.69) is 22.5 Å². The van der Waals surface area contributed by atoms with Crippen LogP contribution >= 0.6 is 11.3 Å². The summed E-state index contributed by atoms with van der Waals surface area (Å²) in [6, 6.07) is 5.43. The minimum absolute atomic E-state index is 0.0258. The number of aromatic nitrogens is 1. The molecule has 2 aromatic rings. The molecule has 0 saturated carbocycles. The van der Waals surface area contributed by atoms with E-state index in [9.17, 15) is 9.18 Å². The van der Waals surface area contributed by atoms with Crippen LogP contribution in [0.25, 0.3) is 10.2 Å². The van der Waals surface area contributed by atoms with Gasteiger partial charge >= 0.3 is 6.09 Å². The number of carboxylic acid groups (broad SMARTS) is 1. The molecule has 1 heterocycles. The summed E-state index contributed by atoms with van der Waals surface area (Å²) in [5, 5.41) is 14.7. The maximum absolute atomic E-state index is 12.7. The maximum Gasteiger partial charge on any atom is 0.404 e. The number of halogens is 1. The summed E-state index contributed by atoms with van der Waals surface area (Å²) in [7, 11) is 0. The molecule has 0 unspecified atom stereocenters. The standard InChI is InChI=1S/C15H18FN3O3S/c1-2-5-17-14-19-12-4-3-11(6-13(12)23-14)22-9-10(7-16)8-18-15(20)21/h3-4,6-7,18H,2,5,8-9H2,1H3,(H,17,19)(H,20,21). The van der Waals surface area contributed by atoms with Gasteiger partial charge < -0.3 is 20.5 Å². The summed E-state index contributed by atoms with van der Waals surface area (Å²) in [4.78, 5) is 14.9. The molecule has 0 fully saturated rings. The number of ether oxygens (including phenoxy) is 1. The van der Waals surface area contributed by atoms with Crippen molar-refractivity contribution < 1.29 is 19.0 Å². The number of rotatable bonds is 8. The lowest BCUT2D eigenvalue weighted by Gasteiger charge is -2.08. The number of benzene rings is 1. The number of fused-ring (bicyclic) bond motifs is 1. The molecule has 1 amide bonds. The van der Waals surface area contributed by atoms with Crippen molar-refractivity contribution in [3.05, 3.63) is 30.1 Å². The van der Waals surface area contributed by atoms with Crippen LogP contribution < -0.4 is 15.4 Å². The van der Waals surface area contributed by atoms with Crippen LogP contribution in [0.15, 0.2) is 30.1 Å². The average Bonchev–Trinajstić information content (AvgIpc) is 2.94. The van der Waals surface area contributed by atoms with E-state index < -0.39 is 6.09 Å². The van der Waals surface area contributed by atoms with Crippen molar-refractivity contribution in [1.82, 2.24) is 10.3 Å². The molecule has 0 atom stereocenters. The number of carbonyl (C=O) groups is 1. The maximum atomic E-state index is 12.7. The van der Waals surface area contributed by atoms with E-state index in [1.54, 1.807) is 6.07 Å². The topological polar surface area (TPSA) is 83.5 Å². The molecule has 0 saturated heterocycles. The van der Waals surface area contributed by atoms with E-state index in [4.69, 9.17) is 9.84 Å². The predicted octanol–water partition coefficient (Wildman–Crippen LogP) is 3.62. The van der Waals surface area contributed by atoms with Crippen molar-refractivity contribution >= 4 is 32.8 Å². The lowest BCUT2D eigenvalue weighted by molar-refractivity contribution is 0.195. The van der Waals surface area contributed by atoms with Crippen LogP contribution in [-0.2, 0) is 0 Å². The Bertz CT molecular complexity index is 702. The van der Waals surface area contributed by atoms with Gasteiger partial charge in [0.1, 0.15) is 12.4 Å². The zero-order valence-corrected chi connectivity index (χ0v) is 13.5. The molecule has 124 valence electrons. The van der Waals surface area contributed by atoms with Gasteiger partial charge in [0.15, 0.2) is 5.13 Å². The summed E-state index contributed by atoms with van der Waals surface area (Å²) in [6.07, 6.45) is 0.170. The van der Waals surface area contributed by atoms with Crippen molar-refractivity contribution in [1.29, 1.82) is 0 Å². The number of hydrogen-bond donors (Lipinski definition) is 3. The third-order valence-corrected chi connectivity index (χ3v) is 3.91. The predicted molar refractivity (Wildman–Crippen MR) is 89.1 cm³/mol. The fraction of sp³-hybridized carbons (Fsp3) is 0.333. The van der Waals surface area contributed by atoms with Gasteiger partial charge in [-0.2, -0.15) is 0 Å². The Kier molecular flexibility index (Phi) is 6.16. The van der Waals surface area contributed by atoms with Gasteiger partial charge in [0.05, 0.1) is 16.5 Å². The minimum atomic E-state index is -1.21. The van der Waals surface area contributed by atoms with E-state index in [1.165, 1.54) is 11.3 Å². The first-order chi connectivity index (χ1) is 11.1. The summed E-state index contributed by atoms with van der Waals surface area (Å²) < 4.78 is 19.2. The lowest BCUT2D eigenvalue weighted by atomic mass is 10.3. The molecular weight excluding hydrogens is 321 g/mol. The Morgan fingerprint density at radius 2 is 2.35 bits per heavy atom. The molecule has 0 spiro atoms. The molecule has 2 rings (SSSR count). The van der Waals surface area contributed by atoms with Crippen LogP contribution in [0.2, 0.25) is 0 Å². The van der Waals surface area contributed by atoms with E-state index in [0.717, 1.165) is 28.3 Å². The fourth-order valence-electron chi connectivity index (χ4n) is 1.79. The van der Waals surface area contributed by atoms with Gasteiger partial charge in [0.2, 0.25) is 0 Å². The first-order valence-corrected chi connectivity index (χ1v) is 7.96. The number of hydrogen-bond acceptors (Lipinski definition) is 5. The normalized spacial score (nSPS) is 11.5. The van der Waals surface area contributed by atoms with E-state index in [1.807, 2.05) is 12.1 Å². The smallest absolute Gasteiger partial charge is 0.404 e. The minimum Gasteiger partial charge on any atom is -0.489 e. The van der Waals surface area contributed by atoms with Gasteiger partial charge in [0.25, 0.3) is 0 Å². The number of thiazole rings is 1. The van der Waals surface area contributed by atoms with E-state index >= 15 is 0 Å². The molecule has 0 bridgehead atoms. The van der Waals surface area contributed by atoms with Crippen molar-refractivity contribution in [3.63, 3.8) is 0 Å². The van der Waals surface area contributed by atoms with Gasteiger partial charge in [-0.1, -0.05) is 18.3 Å². The van der Waals surface area contributed by atoms with E-state index in [-0.39, 0.29) is 18.7 Å². The second-order valence-electron chi connectivity index (χ2n) is 4.79. The van der Waals surface area contributed by atoms with Gasteiger partial charge in [-0.15, -0.1) is 0 Å². The molecule has 6 nitrogen and oxygen atoms in total. The van der Waals surface area contributed by atoms with Crippen LogP contribution in [0, 0.1) is 0 Å². The molecule has 0 aliphatic heterocycles. The molecule has 0 aliphatic rings. The zero-order chi connectivity index (χ0) is 16.7. The Balaban J connectivity index is 1.98. The summed E-state index contributed by atoms with van der Waals surface area (Å²) >= 11 is 1.52. The van der Waals surface area contributed by atoms with Crippen molar-refractivity contribution in [2.24, 2.45) is 0 Å². The largest absolute Gasteiger partial charge is 0.489 e. The summed E-state index contributed by atoms with van der Waals surface area (Å²) in [6.45, 7) is 2.81. The van der Waals surface area contributed by atoms with E-state index in [0.29, 0.717) is 12.1 Å². The van der Waals surface area contributed by atoms with Gasteiger partial charge in [0, 0.05) is 18.7 Å². The monoisotopic (exact) mass is 339 g/mol. The van der Waals surface area contributed by atoms with Crippen LogP contribution in [0.4, 0.5) is 14.3 Å². The Hall–Kier alpha value is -2.35. The summed E-state index contributed by atoms with van der Waals surface area (Å²) in [5.41, 5.74) is 1.08. The second kappa shape index (κ2) is 8.33. The Labute approximate surface area is 137 Å². The average molecular weight is 339 g/mol. The highest BCUT2D eigenvalue weighted by atomic mass is 32.1. The number of nitrogens with one attached hydrogen (secondary N) is 2. The van der Waals surface area contributed by atoms with Gasteiger partial charge in [-0.3, -0.25) is 0 Å². The van der Waals surface area contributed by atoms with Gasteiger partial charge in [-0.25, -0.2) is 14.2 Å². The molecule has 0 aliphatic carbocycles. The number of nitrogens with zero attached hydrogens (tertiary/aromatic N) is 1. The highest BCUT2D eigenvalue weighted by Gasteiger charge is 2.06. The third kappa shape index (κ3) is 5.10. The third-order valence-electron chi connectivity index (χ3n) is 2.93. The first-order valence-electron chi connectivity index (χ1n) is 7.14. The first kappa shape index (κ1) is 17.0. The van der Waals surface area contributed by atoms with Crippen LogP contribution in [0.3, 0.4) is 0 Å². The van der Waals surface area contributed by atoms with Gasteiger partial charge in [-0.05, 0) is 24.6 Å². The van der Waals surface area contributed by atoms with Crippen LogP contribution in [0.1, 0.15) is 13.3 Å². The van der Waals surface area contributed by atoms with Crippen molar-refractivity contribution in [3.8, 4) is 5.75 Å². The molecule has 1 aromatic carbocycles. The number of amides is 1. The molecular formula is C15H18FN3O3S. The SMILES string of the molecule is CCCNc1nc2ccc(OCC(=CF)CNC(=O)O)cc2s1. The van der Waals surface area contributed by atoms with Crippen molar-refractivity contribution in [2.75, 3.05) is 25.0 Å². The summed E-state index contributed by atoms with van der Waals surface area (Å²) in [5.74, 6) is 0.581. The lowest BCUT2D eigenvalue weighted by Crippen LogP contribution is -2.25. The second-order valence-corrected chi connectivity index (χ2v) is 5.82. The highest BCUT2D eigenvalue weighted by Crippen LogP contribution is 2.29. The Morgan fingerprint density at radius 3 is 3.04 bits per heavy atom. The fourth-order valence-corrected chi connectivity index (χ4v) is 2.71. The molecule has 23 heavy (non-hydrogen) atoms. The molecule has 1 aromatic heterocycles. The Morgan fingerprint density at radius 1 is 1.52 bits per heavy atom. The molecule has 8 heteroatoms. The number of anilines is 1. The van der Waals surface area contributed by atoms with Crippen LogP contribution in [-0.4, -0.2) is 35.9 Å². The van der Waals surface area contributed by atoms with Crippen molar-refractivity contribution in [2.45, 2.75) is 13.3 Å². The zero-order valence-electron chi connectivity index (χ0n) is 12.6. The highest BCUT2D eigenvalue weighted by molar-refractivity contribution is 7.22. The molecule has 0 radical (unpaired) electrons. The van der Waals surface area contributed by atoms with Crippen LogP contribution in [0.5, 0.6) is 5.75 Å².